The topological polar surface area (TPSA) is 67.8 Å². The minimum Gasteiger partial charge on any atom is -0.496 e. The van der Waals surface area contributed by atoms with Gasteiger partial charge in [-0.1, -0.05) is 0 Å². The number of aliphatic hydroxyl groups is 1. The average Bonchev–Trinajstić information content (AvgIpc) is 2.42. The number of carbonyl (C=O) groups is 1. The molecule has 2 N–H and O–H groups in total. The summed E-state index contributed by atoms with van der Waals surface area (Å²) in [6.07, 6.45) is -0.0113. The number of hydrogen-bond donors (Lipinski definition) is 2. The normalized spacial score (nSPS) is 11.8. The third kappa shape index (κ3) is 5.48. The van der Waals surface area contributed by atoms with Crippen LogP contribution in [-0.4, -0.2) is 37.9 Å². The van der Waals surface area contributed by atoms with Gasteiger partial charge in [0, 0.05) is 18.7 Å². The van der Waals surface area contributed by atoms with Crippen LogP contribution in [0.1, 0.15) is 12.8 Å². The van der Waals surface area contributed by atoms with Crippen molar-refractivity contribution in [1.82, 2.24) is 0 Å². The van der Waals surface area contributed by atoms with E-state index in [9.17, 15) is 9.90 Å². The van der Waals surface area contributed by atoms with E-state index in [1.165, 1.54) is 7.11 Å². The van der Waals surface area contributed by atoms with E-state index in [2.05, 4.69) is 26.0 Å². The molecule has 0 saturated carbocycles. The molecule has 0 amide bonds. The minimum atomic E-state index is -0.597. The summed E-state index contributed by atoms with van der Waals surface area (Å²) in [6.45, 7) is 0.371. The Morgan fingerprint density at radius 3 is 2.79 bits per heavy atom. The third-order valence-corrected chi connectivity index (χ3v) is 3.22. The van der Waals surface area contributed by atoms with Crippen LogP contribution in [-0.2, 0) is 9.53 Å². The largest absolute Gasteiger partial charge is 0.496 e. The van der Waals surface area contributed by atoms with Crippen molar-refractivity contribution in [1.29, 1.82) is 0 Å². The summed E-state index contributed by atoms with van der Waals surface area (Å²) in [5.74, 6) is 0.433. The fourth-order valence-electron chi connectivity index (χ4n) is 1.50. The standard InChI is InChI=1S/C13H18BrNO4/c1-18-12-5-3-9(7-11(12)14)15-8-10(16)4-6-13(17)19-2/h3,5,7,10,15-16H,4,6,8H2,1-2H3. The van der Waals surface area contributed by atoms with Crippen LogP contribution in [0.3, 0.4) is 0 Å². The van der Waals surface area contributed by atoms with Crippen LogP contribution in [0, 0.1) is 0 Å². The zero-order valence-electron chi connectivity index (χ0n) is 11.0. The third-order valence-electron chi connectivity index (χ3n) is 2.60. The maximum atomic E-state index is 10.9. The minimum absolute atomic E-state index is 0.214. The van der Waals surface area contributed by atoms with E-state index >= 15 is 0 Å². The van der Waals surface area contributed by atoms with Crippen molar-refractivity contribution in [3.05, 3.63) is 22.7 Å². The van der Waals surface area contributed by atoms with E-state index in [4.69, 9.17) is 4.74 Å². The second-order valence-electron chi connectivity index (χ2n) is 4.00. The molecule has 1 aromatic carbocycles. The van der Waals surface area contributed by atoms with Crippen molar-refractivity contribution in [2.45, 2.75) is 18.9 Å². The van der Waals surface area contributed by atoms with Crippen molar-refractivity contribution in [2.75, 3.05) is 26.1 Å². The van der Waals surface area contributed by atoms with Gasteiger partial charge in [0.25, 0.3) is 0 Å². The molecule has 6 heteroatoms. The van der Waals surface area contributed by atoms with Crippen molar-refractivity contribution in [3.63, 3.8) is 0 Å². The Balaban J connectivity index is 2.39. The van der Waals surface area contributed by atoms with Crippen molar-refractivity contribution in [2.24, 2.45) is 0 Å². The molecule has 1 rings (SSSR count). The number of aliphatic hydroxyl groups excluding tert-OH is 1. The highest BCUT2D eigenvalue weighted by atomic mass is 79.9. The number of anilines is 1. The molecule has 0 aromatic heterocycles. The van der Waals surface area contributed by atoms with Gasteiger partial charge in [-0.15, -0.1) is 0 Å². The first-order valence-corrected chi connectivity index (χ1v) is 6.68. The van der Waals surface area contributed by atoms with Gasteiger partial charge in [0.05, 0.1) is 24.8 Å². The molecule has 0 saturated heterocycles. The Kier molecular flexibility index (Phi) is 6.66. The molecule has 0 bridgehead atoms. The van der Waals surface area contributed by atoms with Crippen LogP contribution >= 0.6 is 15.9 Å². The fraction of sp³-hybridized carbons (Fsp3) is 0.462. The Morgan fingerprint density at radius 2 is 2.21 bits per heavy atom. The lowest BCUT2D eigenvalue weighted by molar-refractivity contribution is -0.141. The molecule has 5 nitrogen and oxygen atoms in total. The molecule has 0 heterocycles. The van der Waals surface area contributed by atoms with Gasteiger partial charge in [-0.3, -0.25) is 4.79 Å². The predicted octanol–water partition coefficient (Wildman–Crippen LogP) is 2.18. The first-order valence-electron chi connectivity index (χ1n) is 5.89. The second-order valence-corrected chi connectivity index (χ2v) is 4.85. The maximum Gasteiger partial charge on any atom is 0.305 e. The summed E-state index contributed by atoms with van der Waals surface area (Å²) in [5, 5.41) is 12.8. The van der Waals surface area contributed by atoms with E-state index in [0.717, 1.165) is 15.9 Å². The SMILES string of the molecule is COC(=O)CCC(O)CNc1ccc(OC)c(Br)c1. The summed E-state index contributed by atoms with van der Waals surface area (Å²) in [4.78, 5) is 10.9. The number of hydrogen-bond acceptors (Lipinski definition) is 5. The van der Waals surface area contributed by atoms with Gasteiger partial charge in [-0.2, -0.15) is 0 Å². The lowest BCUT2D eigenvalue weighted by Gasteiger charge is -2.13. The van der Waals surface area contributed by atoms with Crippen molar-refractivity contribution < 1.29 is 19.4 Å². The van der Waals surface area contributed by atoms with Crippen molar-refractivity contribution >= 4 is 27.6 Å². The molecule has 1 unspecified atom stereocenters. The lowest BCUT2D eigenvalue weighted by atomic mass is 10.2. The Morgan fingerprint density at radius 1 is 1.47 bits per heavy atom. The number of nitrogens with one attached hydrogen (secondary N) is 1. The van der Waals surface area contributed by atoms with Gasteiger partial charge in [-0.25, -0.2) is 0 Å². The average molecular weight is 332 g/mol. The zero-order chi connectivity index (χ0) is 14.3. The van der Waals surface area contributed by atoms with E-state index < -0.39 is 6.10 Å². The van der Waals surface area contributed by atoms with Gasteiger partial charge >= 0.3 is 5.97 Å². The number of benzene rings is 1. The molecule has 0 aliphatic heterocycles. The van der Waals surface area contributed by atoms with Gasteiger partial charge < -0.3 is 19.9 Å². The summed E-state index contributed by atoms with van der Waals surface area (Å²) in [5.41, 5.74) is 0.866. The summed E-state index contributed by atoms with van der Waals surface area (Å²) < 4.78 is 10.5. The highest BCUT2D eigenvalue weighted by Gasteiger charge is 2.08. The molecule has 0 aliphatic carbocycles. The van der Waals surface area contributed by atoms with Crippen LogP contribution in [0.25, 0.3) is 0 Å². The Bertz CT molecular complexity index is 425. The predicted molar refractivity (Wildman–Crippen MR) is 76.4 cm³/mol. The van der Waals surface area contributed by atoms with Gasteiger partial charge in [0.1, 0.15) is 5.75 Å². The molecule has 0 spiro atoms. The first kappa shape index (κ1) is 15.8. The summed E-state index contributed by atoms with van der Waals surface area (Å²) in [7, 11) is 2.94. The maximum absolute atomic E-state index is 10.9. The monoisotopic (exact) mass is 331 g/mol. The van der Waals surface area contributed by atoms with Gasteiger partial charge in [0.2, 0.25) is 0 Å². The van der Waals surface area contributed by atoms with E-state index in [-0.39, 0.29) is 12.4 Å². The van der Waals surface area contributed by atoms with Crippen LogP contribution < -0.4 is 10.1 Å². The smallest absolute Gasteiger partial charge is 0.305 e. The number of esters is 1. The van der Waals surface area contributed by atoms with Crippen LogP contribution in [0.2, 0.25) is 0 Å². The molecule has 1 atom stereocenters. The molecule has 0 fully saturated rings. The van der Waals surface area contributed by atoms with E-state index in [1.807, 2.05) is 18.2 Å². The second kappa shape index (κ2) is 8.01. The highest BCUT2D eigenvalue weighted by Crippen LogP contribution is 2.27. The molecule has 0 aliphatic rings. The first-order chi connectivity index (χ1) is 9.06. The fourth-order valence-corrected chi connectivity index (χ4v) is 2.04. The van der Waals surface area contributed by atoms with Crippen LogP contribution in [0.4, 0.5) is 5.69 Å². The van der Waals surface area contributed by atoms with E-state index in [0.29, 0.717) is 13.0 Å². The Labute approximate surface area is 121 Å². The zero-order valence-corrected chi connectivity index (χ0v) is 12.6. The highest BCUT2D eigenvalue weighted by molar-refractivity contribution is 9.10. The molecular formula is C13H18BrNO4. The molecule has 106 valence electrons. The number of ether oxygens (including phenoxy) is 2. The Hall–Kier alpha value is -1.27. The van der Waals surface area contributed by atoms with Crippen LogP contribution in [0.15, 0.2) is 22.7 Å². The number of carbonyl (C=O) groups excluding carboxylic acids is 1. The molecule has 1 aromatic rings. The quantitative estimate of drug-likeness (QED) is 0.749. The summed E-state index contributed by atoms with van der Waals surface area (Å²) >= 11 is 3.38. The number of halogens is 1. The van der Waals surface area contributed by atoms with Crippen LogP contribution in [0.5, 0.6) is 5.75 Å². The number of methoxy groups -OCH3 is 2. The lowest BCUT2D eigenvalue weighted by Crippen LogP contribution is -2.20. The van der Waals surface area contributed by atoms with Crippen molar-refractivity contribution in [3.8, 4) is 5.75 Å². The molecular weight excluding hydrogens is 314 g/mol. The summed E-state index contributed by atoms with van der Waals surface area (Å²) in [6, 6.07) is 5.55. The molecule has 19 heavy (non-hydrogen) atoms. The van der Waals surface area contributed by atoms with E-state index in [1.54, 1.807) is 7.11 Å². The number of rotatable bonds is 7. The molecule has 0 radical (unpaired) electrons. The van der Waals surface area contributed by atoms with Gasteiger partial charge in [-0.05, 0) is 40.5 Å². The van der Waals surface area contributed by atoms with Gasteiger partial charge in [0.15, 0.2) is 0 Å².